The Morgan fingerprint density at radius 2 is 1.69 bits per heavy atom. The molecule has 1 aliphatic rings. The summed E-state index contributed by atoms with van der Waals surface area (Å²) in [6.45, 7) is 14.9. The van der Waals surface area contributed by atoms with Gasteiger partial charge in [-0.3, -0.25) is 4.79 Å². The van der Waals surface area contributed by atoms with Gasteiger partial charge in [0, 0.05) is 31.7 Å². The molecule has 1 aliphatic heterocycles. The minimum atomic E-state index is -0.0226. The van der Waals surface area contributed by atoms with Crippen LogP contribution in [0.2, 0.25) is 0 Å². The van der Waals surface area contributed by atoms with Gasteiger partial charge >= 0.3 is 0 Å². The van der Waals surface area contributed by atoms with Crippen LogP contribution in [0.25, 0.3) is 0 Å². The van der Waals surface area contributed by atoms with E-state index in [2.05, 4.69) is 62.1 Å². The Hall–Kier alpha value is -2.11. The van der Waals surface area contributed by atoms with E-state index in [1.165, 1.54) is 11.1 Å². The summed E-state index contributed by atoms with van der Waals surface area (Å²) in [7, 11) is 0. The summed E-state index contributed by atoms with van der Waals surface area (Å²) in [6.07, 6.45) is 6.51. The average molecular weight is 400 g/mol. The third-order valence-corrected chi connectivity index (χ3v) is 5.22. The molecule has 0 unspecified atom stereocenters. The minimum absolute atomic E-state index is 0.0226. The van der Waals surface area contributed by atoms with Crippen LogP contribution in [0.5, 0.6) is 5.75 Å². The fraction of sp³-hybridized carbons (Fsp3) is 0.542. The second-order valence-corrected chi connectivity index (χ2v) is 7.89. The summed E-state index contributed by atoms with van der Waals surface area (Å²) in [5.74, 6) is 0.760. The van der Waals surface area contributed by atoms with E-state index in [9.17, 15) is 4.79 Å². The van der Waals surface area contributed by atoms with Crippen molar-refractivity contribution in [2.75, 3.05) is 32.8 Å². The lowest BCUT2D eigenvalue weighted by atomic mass is 10.1. The highest BCUT2D eigenvalue weighted by atomic mass is 16.5. The normalized spacial score (nSPS) is 16.1. The fourth-order valence-corrected chi connectivity index (χ4v) is 3.49. The van der Waals surface area contributed by atoms with Crippen LogP contribution in [0.4, 0.5) is 0 Å². The standard InChI is InChI=1S/C24H37N3O2/c1-6-26-17-22(18-27(26)7-2)25-24(28)21-11-13-23(14-12-21)29-16-15-20(5)10-8-9-19(3)4/h9,11-15,22H,6-8,10,16-18H2,1-5H3,(H,25,28)/b20-15+. The monoisotopic (exact) mass is 399 g/mol. The van der Waals surface area contributed by atoms with Gasteiger partial charge in [0.05, 0.1) is 6.04 Å². The minimum Gasteiger partial charge on any atom is -0.490 e. The molecule has 160 valence electrons. The highest BCUT2D eigenvalue weighted by molar-refractivity contribution is 5.94. The van der Waals surface area contributed by atoms with Crippen molar-refractivity contribution in [2.24, 2.45) is 0 Å². The van der Waals surface area contributed by atoms with E-state index >= 15 is 0 Å². The number of hydrazine groups is 1. The number of carbonyl (C=O) groups is 1. The van der Waals surface area contributed by atoms with E-state index < -0.39 is 0 Å². The SMILES string of the molecule is CCN1CC(NC(=O)c2ccc(OC/C=C(\C)CCC=C(C)C)cc2)CN1CC. The molecule has 1 saturated heterocycles. The van der Waals surface area contributed by atoms with Crippen molar-refractivity contribution in [3.8, 4) is 5.75 Å². The molecule has 0 bridgehead atoms. The summed E-state index contributed by atoms with van der Waals surface area (Å²) < 4.78 is 5.79. The number of ether oxygens (including phenoxy) is 1. The molecule has 29 heavy (non-hydrogen) atoms. The number of likely N-dealkylation sites (N-methyl/N-ethyl adjacent to an activating group) is 2. The van der Waals surface area contributed by atoms with Crippen LogP contribution in [-0.2, 0) is 0 Å². The molecule has 1 aromatic carbocycles. The van der Waals surface area contributed by atoms with Gasteiger partial charge in [0.2, 0.25) is 0 Å². The summed E-state index contributed by atoms with van der Waals surface area (Å²) >= 11 is 0. The van der Waals surface area contributed by atoms with Crippen LogP contribution in [0, 0.1) is 0 Å². The predicted octanol–water partition coefficient (Wildman–Crippen LogP) is 4.43. The quantitative estimate of drug-likeness (QED) is 0.591. The van der Waals surface area contributed by atoms with Crippen LogP contribution >= 0.6 is 0 Å². The van der Waals surface area contributed by atoms with Gasteiger partial charge in [-0.1, -0.05) is 31.1 Å². The van der Waals surface area contributed by atoms with Crippen LogP contribution in [0.15, 0.2) is 47.6 Å². The molecule has 1 fully saturated rings. The van der Waals surface area contributed by atoms with Gasteiger partial charge in [-0.25, -0.2) is 10.0 Å². The second kappa shape index (κ2) is 11.8. The Morgan fingerprint density at radius 3 is 2.24 bits per heavy atom. The summed E-state index contributed by atoms with van der Waals surface area (Å²) in [5, 5.41) is 7.73. The number of amides is 1. The number of nitrogens with one attached hydrogen (secondary N) is 1. The highest BCUT2D eigenvalue weighted by Crippen LogP contribution is 2.15. The second-order valence-electron chi connectivity index (χ2n) is 7.89. The van der Waals surface area contributed by atoms with E-state index in [-0.39, 0.29) is 11.9 Å². The molecule has 5 nitrogen and oxygen atoms in total. The molecule has 1 N–H and O–H groups in total. The number of hydrogen-bond acceptors (Lipinski definition) is 4. The third-order valence-electron chi connectivity index (χ3n) is 5.22. The number of rotatable bonds is 10. The van der Waals surface area contributed by atoms with Crippen molar-refractivity contribution < 1.29 is 9.53 Å². The van der Waals surface area contributed by atoms with E-state index in [0.29, 0.717) is 12.2 Å². The van der Waals surface area contributed by atoms with Crippen molar-refractivity contribution in [3.63, 3.8) is 0 Å². The van der Waals surface area contributed by atoms with Gasteiger partial charge in [0.1, 0.15) is 12.4 Å². The molecule has 0 aliphatic carbocycles. The molecule has 2 rings (SSSR count). The molecule has 0 aromatic heterocycles. The van der Waals surface area contributed by atoms with Crippen molar-refractivity contribution >= 4 is 5.91 Å². The lowest BCUT2D eigenvalue weighted by Crippen LogP contribution is -2.38. The lowest BCUT2D eigenvalue weighted by molar-refractivity contribution is 0.0388. The molecule has 0 spiro atoms. The first-order valence-electron chi connectivity index (χ1n) is 10.7. The molecule has 1 heterocycles. The molecule has 0 atom stereocenters. The third kappa shape index (κ3) is 7.67. The van der Waals surface area contributed by atoms with Crippen LogP contribution in [0.3, 0.4) is 0 Å². The molecule has 1 amide bonds. The summed E-state index contributed by atoms with van der Waals surface area (Å²) in [4.78, 5) is 12.6. The maximum absolute atomic E-state index is 12.6. The highest BCUT2D eigenvalue weighted by Gasteiger charge is 2.28. The first-order valence-corrected chi connectivity index (χ1v) is 10.7. The Balaban J connectivity index is 1.79. The van der Waals surface area contributed by atoms with Gasteiger partial charge in [0.25, 0.3) is 5.91 Å². The molecular weight excluding hydrogens is 362 g/mol. The summed E-state index contributed by atoms with van der Waals surface area (Å²) in [6, 6.07) is 7.57. The molecular formula is C24H37N3O2. The largest absolute Gasteiger partial charge is 0.490 e. The molecule has 1 aromatic rings. The molecule has 0 radical (unpaired) electrons. The van der Waals surface area contributed by atoms with Crippen molar-refractivity contribution in [3.05, 3.63) is 53.1 Å². The smallest absolute Gasteiger partial charge is 0.251 e. The zero-order valence-electron chi connectivity index (χ0n) is 18.7. The average Bonchev–Trinajstić information content (AvgIpc) is 3.10. The van der Waals surface area contributed by atoms with Gasteiger partial charge in [-0.05, 0) is 64.0 Å². The van der Waals surface area contributed by atoms with Crippen molar-refractivity contribution in [1.82, 2.24) is 15.3 Å². The number of allylic oxidation sites excluding steroid dienone is 3. The van der Waals surface area contributed by atoms with Crippen LogP contribution < -0.4 is 10.1 Å². The van der Waals surface area contributed by atoms with E-state index in [0.717, 1.165) is 44.8 Å². The number of carbonyl (C=O) groups excluding carboxylic acids is 1. The lowest BCUT2D eigenvalue weighted by Gasteiger charge is -2.24. The van der Waals surface area contributed by atoms with Gasteiger partial charge in [-0.2, -0.15) is 0 Å². The summed E-state index contributed by atoms with van der Waals surface area (Å²) in [5.41, 5.74) is 3.36. The predicted molar refractivity (Wildman–Crippen MR) is 120 cm³/mol. The zero-order valence-corrected chi connectivity index (χ0v) is 18.7. The van der Waals surface area contributed by atoms with Gasteiger partial charge < -0.3 is 10.1 Å². The topological polar surface area (TPSA) is 44.8 Å². The molecule has 5 heteroatoms. The van der Waals surface area contributed by atoms with Crippen molar-refractivity contribution in [2.45, 2.75) is 53.5 Å². The fourth-order valence-electron chi connectivity index (χ4n) is 3.49. The van der Waals surface area contributed by atoms with Gasteiger partial charge in [-0.15, -0.1) is 0 Å². The van der Waals surface area contributed by atoms with Crippen LogP contribution in [0.1, 0.15) is 57.8 Å². The Bertz CT molecular complexity index is 693. The Morgan fingerprint density at radius 1 is 1.07 bits per heavy atom. The number of benzene rings is 1. The zero-order chi connectivity index (χ0) is 21.2. The maximum atomic E-state index is 12.6. The first kappa shape index (κ1) is 23.2. The number of hydrogen-bond donors (Lipinski definition) is 1. The van der Waals surface area contributed by atoms with Gasteiger partial charge in [0.15, 0.2) is 0 Å². The van der Waals surface area contributed by atoms with E-state index in [1.54, 1.807) is 0 Å². The molecule has 0 saturated carbocycles. The van der Waals surface area contributed by atoms with E-state index in [1.807, 2.05) is 24.3 Å². The maximum Gasteiger partial charge on any atom is 0.251 e. The Labute approximate surface area is 176 Å². The number of nitrogens with zero attached hydrogens (tertiary/aromatic N) is 2. The first-order chi connectivity index (χ1) is 13.9. The van der Waals surface area contributed by atoms with Crippen molar-refractivity contribution in [1.29, 1.82) is 0 Å². The Kier molecular flexibility index (Phi) is 9.42. The van der Waals surface area contributed by atoms with E-state index in [4.69, 9.17) is 4.74 Å². The van der Waals surface area contributed by atoms with Crippen LogP contribution in [-0.4, -0.2) is 54.8 Å².